The molecule has 22 heavy (non-hydrogen) atoms. The van der Waals surface area contributed by atoms with E-state index >= 15 is 0 Å². The van der Waals surface area contributed by atoms with Crippen molar-refractivity contribution in [1.82, 2.24) is 4.90 Å². The molecular weight excluding hydrogens is 302 g/mol. The molecule has 6 heteroatoms. The van der Waals surface area contributed by atoms with E-state index in [4.69, 9.17) is 16.9 Å². The molecule has 116 valence electrons. The van der Waals surface area contributed by atoms with E-state index < -0.39 is 6.10 Å². The Hall–Kier alpha value is -1.77. The first-order valence-corrected chi connectivity index (χ1v) is 7.82. The number of rotatable bonds is 1. The van der Waals surface area contributed by atoms with Crippen LogP contribution in [0, 0.1) is 18.3 Å². The number of urea groups is 1. The van der Waals surface area contributed by atoms with Gasteiger partial charge in [0, 0.05) is 6.54 Å². The minimum absolute atomic E-state index is 0.0971. The van der Waals surface area contributed by atoms with E-state index in [9.17, 15) is 9.90 Å². The number of carbonyl (C=O) groups excluding carboxylic acids is 1. The maximum absolute atomic E-state index is 12.7. The van der Waals surface area contributed by atoms with Crippen LogP contribution in [0.4, 0.5) is 10.5 Å². The maximum atomic E-state index is 12.7. The molecule has 0 saturated carbocycles. The number of nitriles is 1. The van der Waals surface area contributed by atoms with Crippen molar-refractivity contribution in [1.29, 1.82) is 5.26 Å². The Morgan fingerprint density at radius 3 is 2.82 bits per heavy atom. The third-order valence-corrected chi connectivity index (χ3v) is 5.23. The number of carbonyl (C=O) groups is 1. The van der Waals surface area contributed by atoms with E-state index in [0.29, 0.717) is 22.8 Å². The van der Waals surface area contributed by atoms with Crippen LogP contribution in [0.2, 0.25) is 5.02 Å². The highest BCUT2D eigenvalue weighted by Crippen LogP contribution is 2.38. The van der Waals surface area contributed by atoms with Gasteiger partial charge in [0.15, 0.2) is 0 Å². The zero-order chi connectivity index (χ0) is 16.0. The van der Waals surface area contributed by atoms with E-state index in [2.05, 4.69) is 0 Å². The molecule has 0 spiro atoms. The third kappa shape index (κ3) is 2.06. The first kappa shape index (κ1) is 15.1. The lowest BCUT2D eigenvalue weighted by atomic mass is 9.95. The molecule has 2 aliphatic heterocycles. The third-order valence-electron chi connectivity index (χ3n) is 4.74. The van der Waals surface area contributed by atoms with Crippen molar-refractivity contribution >= 4 is 23.3 Å². The van der Waals surface area contributed by atoms with Crippen molar-refractivity contribution in [2.45, 2.75) is 44.9 Å². The number of hydrogen-bond acceptors (Lipinski definition) is 3. The van der Waals surface area contributed by atoms with Gasteiger partial charge >= 0.3 is 6.03 Å². The van der Waals surface area contributed by atoms with Gasteiger partial charge in [-0.05, 0) is 44.4 Å². The van der Waals surface area contributed by atoms with Crippen LogP contribution < -0.4 is 4.90 Å². The quantitative estimate of drug-likeness (QED) is 0.865. The highest BCUT2D eigenvalue weighted by molar-refractivity contribution is 6.33. The molecule has 2 saturated heterocycles. The van der Waals surface area contributed by atoms with Gasteiger partial charge in [-0.25, -0.2) is 4.79 Å². The summed E-state index contributed by atoms with van der Waals surface area (Å²) in [5, 5.41) is 19.7. The number of hydrogen-bond donors (Lipinski definition) is 1. The number of halogens is 1. The Balaban J connectivity index is 2.04. The summed E-state index contributed by atoms with van der Waals surface area (Å²) < 4.78 is 0. The van der Waals surface area contributed by atoms with Gasteiger partial charge in [0.25, 0.3) is 0 Å². The summed E-state index contributed by atoms with van der Waals surface area (Å²) in [6.45, 7) is 4.43. The van der Waals surface area contributed by atoms with Gasteiger partial charge in [-0.2, -0.15) is 5.26 Å². The van der Waals surface area contributed by atoms with Crippen LogP contribution in [0.1, 0.15) is 30.9 Å². The lowest BCUT2D eigenvalue weighted by molar-refractivity contribution is 0.0418. The Labute approximate surface area is 134 Å². The Bertz CT molecular complexity index is 670. The standard InChI is InChI=1S/C16H18ClN3O2/c1-9-12(6-5-11(8-18)14(9)17)20-10(2)15-13(21)4-3-7-19(15)16(20)22/h5-6,10,13,15,21H,3-4,7H2,1-2H3/t10-,13+,15+/m1/s1. The molecule has 1 aromatic carbocycles. The SMILES string of the molecule is Cc1c(N2C(=O)N3CCC[C@H](O)[C@@H]3[C@H]2C)ccc(C#N)c1Cl. The molecule has 0 aromatic heterocycles. The summed E-state index contributed by atoms with van der Waals surface area (Å²) in [5.41, 5.74) is 1.83. The van der Waals surface area contributed by atoms with Gasteiger partial charge in [0.2, 0.25) is 0 Å². The van der Waals surface area contributed by atoms with E-state index in [1.807, 2.05) is 19.9 Å². The molecule has 3 rings (SSSR count). The number of aliphatic hydroxyl groups is 1. The first-order chi connectivity index (χ1) is 10.5. The summed E-state index contributed by atoms with van der Waals surface area (Å²) >= 11 is 6.23. The number of piperidine rings is 1. The molecule has 0 bridgehead atoms. The highest BCUT2D eigenvalue weighted by atomic mass is 35.5. The van der Waals surface area contributed by atoms with Crippen molar-refractivity contribution in [3.05, 3.63) is 28.3 Å². The van der Waals surface area contributed by atoms with Crippen molar-refractivity contribution < 1.29 is 9.90 Å². The summed E-state index contributed by atoms with van der Waals surface area (Å²) in [6, 6.07) is 5.03. The molecule has 1 N–H and O–H groups in total. The molecule has 0 radical (unpaired) electrons. The predicted molar refractivity (Wildman–Crippen MR) is 84.0 cm³/mol. The molecule has 5 nitrogen and oxygen atoms in total. The summed E-state index contributed by atoms with van der Waals surface area (Å²) in [6.07, 6.45) is 1.04. The lowest BCUT2D eigenvalue weighted by Gasteiger charge is -2.34. The van der Waals surface area contributed by atoms with Gasteiger partial charge in [-0.15, -0.1) is 0 Å². The smallest absolute Gasteiger partial charge is 0.325 e. The van der Waals surface area contributed by atoms with E-state index in [1.54, 1.807) is 21.9 Å². The van der Waals surface area contributed by atoms with E-state index in [0.717, 1.165) is 18.4 Å². The summed E-state index contributed by atoms with van der Waals surface area (Å²) in [7, 11) is 0. The average Bonchev–Trinajstić information content (AvgIpc) is 2.75. The average molecular weight is 320 g/mol. The van der Waals surface area contributed by atoms with Gasteiger partial charge < -0.3 is 10.0 Å². The predicted octanol–water partition coefficient (Wildman–Crippen LogP) is 2.67. The van der Waals surface area contributed by atoms with Crippen LogP contribution >= 0.6 is 11.6 Å². The monoisotopic (exact) mass is 319 g/mol. The summed E-state index contributed by atoms with van der Waals surface area (Å²) in [4.78, 5) is 16.2. The van der Waals surface area contributed by atoms with Crippen molar-refractivity contribution in [2.75, 3.05) is 11.4 Å². The van der Waals surface area contributed by atoms with Crippen LogP contribution in [0.15, 0.2) is 12.1 Å². The Morgan fingerprint density at radius 1 is 1.45 bits per heavy atom. The number of nitrogens with zero attached hydrogens (tertiary/aromatic N) is 3. The molecule has 2 fully saturated rings. The molecule has 0 aliphatic carbocycles. The second-order valence-electron chi connectivity index (χ2n) is 5.97. The maximum Gasteiger partial charge on any atom is 0.325 e. The second-order valence-corrected chi connectivity index (χ2v) is 6.35. The molecule has 2 aliphatic rings. The number of amides is 2. The van der Waals surface area contributed by atoms with Crippen molar-refractivity contribution in [3.8, 4) is 6.07 Å². The van der Waals surface area contributed by atoms with Gasteiger partial charge in [-0.1, -0.05) is 11.6 Å². The van der Waals surface area contributed by atoms with Crippen molar-refractivity contribution in [2.24, 2.45) is 0 Å². The topological polar surface area (TPSA) is 67.6 Å². The minimum atomic E-state index is -0.494. The largest absolute Gasteiger partial charge is 0.391 e. The zero-order valence-electron chi connectivity index (χ0n) is 12.6. The van der Waals surface area contributed by atoms with Crippen LogP contribution in [0.25, 0.3) is 0 Å². The lowest BCUT2D eigenvalue weighted by Crippen LogP contribution is -2.48. The fourth-order valence-electron chi connectivity index (χ4n) is 3.61. The normalized spacial score (nSPS) is 27.8. The molecule has 1 aromatic rings. The van der Waals surface area contributed by atoms with E-state index in [-0.39, 0.29) is 18.1 Å². The second kappa shape index (κ2) is 5.45. The fraction of sp³-hybridized carbons (Fsp3) is 0.500. The fourth-order valence-corrected chi connectivity index (χ4v) is 3.82. The van der Waals surface area contributed by atoms with Crippen LogP contribution in [-0.2, 0) is 0 Å². The Morgan fingerprint density at radius 2 is 2.18 bits per heavy atom. The van der Waals surface area contributed by atoms with Crippen LogP contribution in [0.5, 0.6) is 0 Å². The van der Waals surface area contributed by atoms with Gasteiger partial charge in [0.1, 0.15) is 6.07 Å². The summed E-state index contributed by atoms with van der Waals surface area (Å²) in [5.74, 6) is 0. The Kier molecular flexibility index (Phi) is 3.75. The van der Waals surface area contributed by atoms with Crippen molar-refractivity contribution in [3.63, 3.8) is 0 Å². The molecule has 2 heterocycles. The number of benzene rings is 1. The molecule has 0 unspecified atom stereocenters. The molecule has 3 atom stereocenters. The van der Waals surface area contributed by atoms with E-state index in [1.165, 1.54) is 0 Å². The minimum Gasteiger partial charge on any atom is -0.391 e. The zero-order valence-corrected chi connectivity index (χ0v) is 13.3. The number of anilines is 1. The number of aliphatic hydroxyl groups excluding tert-OH is 1. The molecular formula is C16H18ClN3O2. The first-order valence-electron chi connectivity index (χ1n) is 7.44. The van der Waals surface area contributed by atoms with Crippen LogP contribution in [0.3, 0.4) is 0 Å². The van der Waals surface area contributed by atoms with Gasteiger partial charge in [-0.3, -0.25) is 4.90 Å². The molecule has 2 amide bonds. The van der Waals surface area contributed by atoms with Gasteiger partial charge in [0.05, 0.1) is 34.5 Å². The highest BCUT2D eigenvalue weighted by Gasteiger charge is 2.49. The van der Waals surface area contributed by atoms with Crippen LogP contribution in [-0.4, -0.2) is 40.8 Å². The number of fused-ring (bicyclic) bond motifs is 1.